The Hall–Kier alpha value is -4.40. The number of anilines is 1. The van der Waals surface area contributed by atoms with Crippen LogP contribution in [-0.2, 0) is 20.7 Å². The molecule has 2 amide bonds. The third-order valence-corrected chi connectivity index (χ3v) is 9.06. The van der Waals surface area contributed by atoms with Crippen molar-refractivity contribution < 1.29 is 28.6 Å². The number of nitrogens with zero attached hydrogens (tertiary/aromatic N) is 6. The van der Waals surface area contributed by atoms with E-state index < -0.39 is 23.8 Å². The van der Waals surface area contributed by atoms with Gasteiger partial charge < -0.3 is 20.1 Å². The number of carboxylic acid groups (broad SMARTS) is 1. The lowest BCUT2D eigenvalue weighted by atomic mass is 9.95. The van der Waals surface area contributed by atoms with Crippen molar-refractivity contribution in [1.82, 2.24) is 25.1 Å². The van der Waals surface area contributed by atoms with E-state index in [9.17, 15) is 18.8 Å². The zero-order valence-corrected chi connectivity index (χ0v) is 25.7. The van der Waals surface area contributed by atoms with Crippen LogP contribution in [0.4, 0.5) is 15.0 Å². The highest BCUT2D eigenvalue weighted by Crippen LogP contribution is 2.37. The number of halogens is 2. The van der Waals surface area contributed by atoms with Gasteiger partial charge in [-0.3, -0.25) is 19.6 Å². The van der Waals surface area contributed by atoms with E-state index in [1.807, 2.05) is 10.3 Å². The first-order valence-corrected chi connectivity index (χ1v) is 15.5. The Bertz CT molecular complexity index is 1680. The molecule has 0 saturated carbocycles. The molecule has 45 heavy (non-hydrogen) atoms. The molecule has 15 heteroatoms. The van der Waals surface area contributed by atoms with E-state index in [2.05, 4.69) is 20.2 Å². The molecule has 0 aliphatic carbocycles. The monoisotopic (exact) mass is 653 g/mol. The van der Waals surface area contributed by atoms with Gasteiger partial charge in [0.2, 0.25) is 0 Å². The van der Waals surface area contributed by atoms with Crippen LogP contribution in [0, 0.1) is 5.82 Å². The molecule has 2 saturated heterocycles. The number of aromatic nitrogens is 2. The van der Waals surface area contributed by atoms with Crippen molar-refractivity contribution in [3.8, 4) is 0 Å². The lowest BCUT2D eigenvalue weighted by Crippen LogP contribution is -2.53. The fourth-order valence-electron chi connectivity index (χ4n) is 5.77. The summed E-state index contributed by atoms with van der Waals surface area (Å²) >= 11 is 7.85. The number of methoxy groups -OCH3 is 1. The molecule has 3 aliphatic heterocycles. The van der Waals surface area contributed by atoms with E-state index in [0.717, 1.165) is 5.56 Å². The SMILES string of the molecule is COC(=O)C1=C(CN2CCN3C(=O)N(c4ccc(CCC(=O)O)cn4)CC3C2)NC(c2nccs2)=NC1c1ccc(F)cc1Cl. The Kier molecular flexibility index (Phi) is 8.79. The summed E-state index contributed by atoms with van der Waals surface area (Å²) in [6, 6.07) is 6.38. The molecule has 0 bridgehead atoms. The molecule has 5 heterocycles. The zero-order chi connectivity index (χ0) is 31.7. The number of nitrogens with one attached hydrogen (secondary N) is 1. The number of hydrogen-bond donors (Lipinski definition) is 2. The molecular formula is C30H29ClFN7O5S. The third kappa shape index (κ3) is 6.39. The highest BCUT2D eigenvalue weighted by Gasteiger charge is 2.42. The van der Waals surface area contributed by atoms with Gasteiger partial charge in [0.1, 0.15) is 17.7 Å². The van der Waals surface area contributed by atoms with Gasteiger partial charge in [-0.15, -0.1) is 11.3 Å². The van der Waals surface area contributed by atoms with Gasteiger partial charge >= 0.3 is 18.0 Å². The van der Waals surface area contributed by atoms with Crippen molar-refractivity contribution in [3.63, 3.8) is 0 Å². The molecule has 2 fully saturated rings. The topological polar surface area (TPSA) is 141 Å². The molecule has 3 aliphatic rings. The second-order valence-electron chi connectivity index (χ2n) is 10.8. The smallest absolute Gasteiger partial charge is 0.338 e. The number of benzene rings is 1. The number of pyridine rings is 1. The lowest BCUT2D eigenvalue weighted by Gasteiger charge is -2.38. The fourth-order valence-corrected chi connectivity index (χ4v) is 6.63. The van der Waals surface area contributed by atoms with Crippen LogP contribution in [0.25, 0.3) is 0 Å². The molecule has 3 aromatic rings. The number of carbonyl (C=O) groups excluding carboxylic acids is 2. The highest BCUT2D eigenvalue weighted by molar-refractivity contribution is 7.11. The van der Waals surface area contributed by atoms with Crippen LogP contribution in [0.15, 0.2) is 64.4 Å². The number of esters is 1. The summed E-state index contributed by atoms with van der Waals surface area (Å²) in [5.74, 6) is -1.02. The van der Waals surface area contributed by atoms with E-state index in [4.69, 9.17) is 26.4 Å². The van der Waals surface area contributed by atoms with Crippen molar-refractivity contribution in [3.05, 3.63) is 86.4 Å². The Morgan fingerprint density at radius 2 is 2.04 bits per heavy atom. The molecule has 0 spiro atoms. The minimum absolute atomic E-state index is 0.00716. The quantitative estimate of drug-likeness (QED) is 0.332. The van der Waals surface area contributed by atoms with E-state index >= 15 is 0 Å². The number of aliphatic carboxylic acids is 1. The van der Waals surface area contributed by atoms with Gasteiger partial charge in [-0.2, -0.15) is 0 Å². The Labute approximate surface area is 266 Å². The van der Waals surface area contributed by atoms with E-state index in [0.29, 0.717) is 67.1 Å². The maximum atomic E-state index is 14.0. The second kappa shape index (κ2) is 12.9. The predicted octanol–water partition coefficient (Wildman–Crippen LogP) is 3.49. The number of carbonyl (C=O) groups is 3. The van der Waals surface area contributed by atoms with Crippen LogP contribution in [-0.4, -0.2) is 94.6 Å². The van der Waals surface area contributed by atoms with Crippen molar-refractivity contribution in [2.24, 2.45) is 4.99 Å². The average molecular weight is 654 g/mol. The van der Waals surface area contributed by atoms with Crippen LogP contribution in [0.2, 0.25) is 5.02 Å². The number of thiazole rings is 1. The molecule has 1 aromatic carbocycles. The van der Waals surface area contributed by atoms with Gasteiger partial charge in [0, 0.05) is 66.7 Å². The van der Waals surface area contributed by atoms with Gasteiger partial charge in [0.05, 0.1) is 25.3 Å². The molecular weight excluding hydrogens is 625 g/mol. The number of carboxylic acids is 1. The summed E-state index contributed by atoms with van der Waals surface area (Å²) in [5, 5.41) is 14.8. The standard InChI is InChI=1S/C30H29ClFN7O5S/c1-44-29(42)25-22(35-27(28-33-8-11-45-28)36-26(25)20-5-4-18(32)12-21(20)31)16-37-9-10-38-19(14-37)15-39(30(38)43)23-6-2-17(13-34-23)3-7-24(40)41/h2,4-6,8,11-13,19,26H,3,7,9-10,14-16H2,1H3,(H,35,36)(H,40,41). The van der Waals surface area contributed by atoms with Gasteiger partial charge in [-0.05, 0) is 30.2 Å². The number of aryl methyl sites for hydroxylation is 1. The summed E-state index contributed by atoms with van der Waals surface area (Å²) in [6.07, 6.45) is 3.63. The van der Waals surface area contributed by atoms with Crippen molar-refractivity contribution in [1.29, 1.82) is 0 Å². The number of urea groups is 1. The number of aliphatic imine (C=N–C) groups is 1. The minimum Gasteiger partial charge on any atom is -0.481 e. The number of hydrogen-bond acceptors (Lipinski definition) is 10. The summed E-state index contributed by atoms with van der Waals surface area (Å²) in [7, 11) is 1.29. The first-order valence-electron chi connectivity index (χ1n) is 14.2. The van der Waals surface area contributed by atoms with Gasteiger partial charge in [0.15, 0.2) is 10.8 Å². The van der Waals surface area contributed by atoms with Crippen LogP contribution < -0.4 is 10.2 Å². The van der Waals surface area contributed by atoms with Crippen LogP contribution in [0.1, 0.15) is 28.6 Å². The molecule has 234 valence electrons. The van der Waals surface area contributed by atoms with Crippen LogP contribution in [0.3, 0.4) is 0 Å². The summed E-state index contributed by atoms with van der Waals surface area (Å²) < 4.78 is 19.1. The normalized spacial score (nSPS) is 20.2. The van der Waals surface area contributed by atoms with Crippen molar-refractivity contribution in [2.75, 3.05) is 44.7 Å². The van der Waals surface area contributed by atoms with Gasteiger partial charge in [-0.1, -0.05) is 23.7 Å². The second-order valence-corrected chi connectivity index (χ2v) is 12.1. The number of amides is 2. The first-order chi connectivity index (χ1) is 21.7. The van der Waals surface area contributed by atoms with Crippen LogP contribution >= 0.6 is 22.9 Å². The molecule has 2 atom stereocenters. The number of fused-ring (bicyclic) bond motifs is 1. The number of rotatable bonds is 9. The summed E-state index contributed by atoms with van der Waals surface area (Å²) in [5.41, 5.74) is 2.05. The predicted molar refractivity (Wildman–Crippen MR) is 165 cm³/mol. The van der Waals surface area contributed by atoms with Crippen molar-refractivity contribution in [2.45, 2.75) is 24.9 Å². The third-order valence-electron chi connectivity index (χ3n) is 7.96. The highest BCUT2D eigenvalue weighted by atomic mass is 35.5. The maximum Gasteiger partial charge on any atom is 0.338 e. The zero-order valence-electron chi connectivity index (χ0n) is 24.2. The molecule has 2 unspecified atom stereocenters. The summed E-state index contributed by atoms with van der Waals surface area (Å²) in [6.45, 7) is 2.29. The molecule has 0 radical (unpaired) electrons. The van der Waals surface area contributed by atoms with Crippen molar-refractivity contribution >= 4 is 52.6 Å². The number of amidine groups is 1. The lowest BCUT2D eigenvalue weighted by molar-refractivity contribution is -0.137. The van der Waals surface area contributed by atoms with E-state index in [-0.39, 0.29) is 29.1 Å². The number of piperazine rings is 1. The first kappa shape index (κ1) is 30.6. The van der Waals surface area contributed by atoms with Gasteiger partial charge in [0.25, 0.3) is 0 Å². The largest absolute Gasteiger partial charge is 0.481 e. The average Bonchev–Trinajstić information content (AvgIpc) is 3.68. The van der Waals surface area contributed by atoms with Crippen LogP contribution in [0.5, 0.6) is 0 Å². The Balaban J connectivity index is 1.24. The Morgan fingerprint density at radius 3 is 2.73 bits per heavy atom. The maximum absolute atomic E-state index is 14.0. The van der Waals surface area contributed by atoms with E-state index in [1.54, 1.807) is 29.4 Å². The molecule has 2 aromatic heterocycles. The minimum atomic E-state index is -0.880. The van der Waals surface area contributed by atoms with Gasteiger partial charge in [-0.25, -0.2) is 23.9 Å². The fraction of sp³-hybridized carbons (Fsp3) is 0.333. The van der Waals surface area contributed by atoms with E-state index in [1.165, 1.54) is 36.6 Å². The number of ether oxygens (including phenoxy) is 1. The Morgan fingerprint density at radius 1 is 1.20 bits per heavy atom. The molecule has 12 nitrogen and oxygen atoms in total. The summed E-state index contributed by atoms with van der Waals surface area (Å²) in [4.78, 5) is 56.7. The molecule has 6 rings (SSSR count). The molecule has 2 N–H and O–H groups in total.